The fourth-order valence-electron chi connectivity index (χ4n) is 1.68. The van der Waals surface area contributed by atoms with Crippen LogP contribution >= 0.6 is 0 Å². The van der Waals surface area contributed by atoms with Gasteiger partial charge in [-0.2, -0.15) is 0 Å². The number of rotatable bonds is 5. The lowest BCUT2D eigenvalue weighted by Crippen LogP contribution is -2.34. The van der Waals surface area contributed by atoms with Crippen molar-refractivity contribution in [2.45, 2.75) is 18.8 Å². The van der Waals surface area contributed by atoms with E-state index in [0.29, 0.717) is 0 Å². The van der Waals surface area contributed by atoms with Crippen LogP contribution in [0.4, 0.5) is 5.69 Å². The summed E-state index contributed by atoms with van der Waals surface area (Å²) in [5.41, 5.74) is -1.60. The molecule has 0 saturated carbocycles. The zero-order valence-corrected chi connectivity index (χ0v) is 9.29. The average Bonchev–Trinajstić information content (AvgIpc) is 2.29. The Morgan fingerprint density at radius 1 is 1.47 bits per heavy atom. The molecule has 2 N–H and O–H groups in total. The molecule has 0 aliphatic rings. The molecule has 0 radical (unpaired) electrons. The highest BCUT2D eigenvalue weighted by atomic mass is 16.6. The van der Waals surface area contributed by atoms with E-state index < -0.39 is 16.3 Å². The molecule has 92 valence electrons. The minimum Gasteiger partial charge on any atom is -0.481 e. The number of hydrogen-bond donors (Lipinski definition) is 2. The van der Waals surface area contributed by atoms with E-state index in [9.17, 15) is 20.0 Å². The van der Waals surface area contributed by atoms with Crippen molar-refractivity contribution < 1.29 is 19.9 Å². The second-order valence-corrected chi connectivity index (χ2v) is 3.89. The van der Waals surface area contributed by atoms with E-state index in [2.05, 4.69) is 0 Å². The summed E-state index contributed by atoms with van der Waals surface area (Å²) >= 11 is 0. The molecule has 0 aromatic heterocycles. The molecule has 0 bridgehead atoms. The number of hydrogen-bond acceptors (Lipinski definition) is 4. The van der Waals surface area contributed by atoms with Crippen LogP contribution in [-0.2, 0) is 10.2 Å². The van der Waals surface area contributed by atoms with Crippen molar-refractivity contribution in [1.82, 2.24) is 0 Å². The highest BCUT2D eigenvalue weighted by Crippen LogP contribution is 2.34. The van der Waals surface area contributed by atoms with E-state index in [1.165, 1.54) is 25.1 Å². The Labute approximate surface area is 97.7 Å². The Morgan fingerprint density at radius 3 is 2.53 bits per heavy atom. The Morgan fingerprint density at radius 2 is 2.06 bits per heavy atom. The van der Waals surface area contributed by atoms with Crippen molar-refractivity contribution in [3.63, 3.8) is 0 Å². The Balaban J connectivity index is 3.38. The number of aliphatic hydroxyl groups is 1. The molecule has 0 spiro atoms. The molecule has 6 heteroatoms. The highest BCUT2D eigenvalue weighted by Gasteiger charge is 2.39. The number of nitrogens with zero attached hydrogens (tertiary/aromatic N) is 1. The first kappa shape index (κ1) is 13.1. The number of aliphatic hydroxyl groups excluding tert-OH is 1. The lowest BCUT2D eigenvalue weighted by molar-refractivity contribution is -0.386. The second kappa shape index (κ2) is 4.92. The van der Waals surface area contributed by atoms with E-state index in [1.807, 2.05) is 0 Å². The summed E-state index contributed by atoms with van der Waals surface area (Å²) in [6.45, 7) is 1.02. The van der Waals surface area contributed by atoms with Crippen molar-refractivity contribution in [2.75, 3.05) is 6.61 Å². The summed E-state index contributed by atoms with van der Waals surface area (Å²) in [6, 6.07) is 5.68. The molecule has 1 rings (SSSR count). The zero-order chi connectivity index (χ0) is 13.1. The number of carbonyl (C=O) groups is 1. The van der Waals surface area contributed by atoms with Crippen molar-refractivity contribution in [3.8, 4) is 0 Å². The minimum atomic E-state index is -1.46. The number of carboxylic acid groups (broad SMARTS) is 1. The number of para-hydroxylation sites is 1. The third kappa shape index (κ3) is 2.42. The first-order valence-corrected chi connectivity index (χ1v) is 5.01. The molecule has 1 unspecified atom stereocenters. The Bertz CT molecular complexity index is 445. The van der Waals surface area contributed by atoms with Crippen molar-refractivity contribution in [3.05, 3.63) is 39.9 Å². The largest absolute Gasteiger partial charge is 0.481 e. The molecule has 1 aromatic carbocycles. The van der Waals surface area contributed by atoms with Gasteiger partial charge in [0.1, 0.15) is 0 Å². The number of carboxylic acids is 1. The number of benzene rings is 1. The van der Waals surface area contributed by atoms with Crippen LogP contribution in [0.3, 0.4) is 0 Å². The topological polar surface area (TPSA) is 101 Å². The quantitative estimate of drug-likeness (QED) is 0.596. The summed E-state index contributed by atoms with van der Waals surface area (Å²) in [6.07, 6.45) is -0.0762. The van der Waals surface area contributed by atoms with E-state index in [1.54, 1.807) is 6.07 Å². The van der Waals surface area contributed by atoms with Crippen LogP contribution in [0.2, 0.25) is 0 Å². The maximum atomic E-state index is 11.3. The van der Waals surface area contributed by atoms with Gasteiger partial charge in [-0.25, -0.2) is 0 Å². The third-order valence-corrected chi connectivity index (χ3v) is 2.78. The lowest BCUT2D eigenvalue weighted by Gasteiger charge is -2.23. The summed E-state index contributed by atoms with van der Waals surface area (Å²) in [5.74, 6) is -1.19. The maximum absolute atomic E-state index is 11.3. The van der Waals surface area contributed by atoms with E-state index in [0.717, 1.165) is 0 Å². The first-order chi connectivity index (χ1) is 7.93. The zero-order valence-electron chi connectivity index (χ0n) is 9.29. The van der Waals surface area contributed by atoms with Gasteiger partial charge in [0.15, 0.2) is 0 Å². The number of nitro benzene ring substituents is 1. The van der Waals surface area contributed by atoms with Crippen LogP contribution in [0.1, 0.15) is 18.9 Å². The Hall–Kier alpha value is -1.95. The van der Waals surface area contributed by atoms with Crippen LogP contribution in [-0.4, -0.2) is 27.7 Å². The highest BCUT2D eigenvalue weighted by molar-refractivity contribution is 5.82. The normalized spacial score (nSPS) is 14.0. The van der Waals surface area contributed by atoms with Crippen LogP contribution in [0.25, 0.3) is 0 Å². The van der Waals surface area contributed by atoms with Crippen molar-refractivity contribution >= 4 is 11.7 Å². The first-order valence-electron chi connectivity index (χ1n) is 5.01. The fourth-order valence-corrected chi connectivity index (χ4v) is 1.68. The molecule has 0 fully saturated rings. The molecule has 0 saturated heterocycles. The molecule has 0 aliphatic carbocycles. The molecular formula is C11H13NO5. The summed E-state index contributed by atoms with van der Waals surface area (Å²) in [7, 11) is 0. The molecule has 6 nitrogen and oxygen atoms in total. The maximum Gasteiger partial charge on any atom is 0.314 e. The van der Waals surface area contributed by atoms with E-state index >= 15 is 0 Å². The molecular weight excluding hydrogens is 226 g/mol. The predicted molar refractivity (Wildman–Crippen MR) is 59.8 cm³/mol. The monoisotopic (exact) mass is 239 g/mol. The van der Waals surface area contributed by atoms with Gasteiger partial charge in [0.05, 0.1) is 10.3 Å². The SMILES string of the molecule is CC(CCO)(C(=O)O)c1ccccc1[N+](=O)[O-]. The van der Waals surface area contributed by atoms with Crippen molar-refractivity contribution in [2.24, 2.45) is 0 Å². The molecule has 1 atom stereocenters. The van der Waals surface area contributed by atoms with Gasteiger partial charge in [0.2, 0.25) is 0 Å². The molecule has 0 heterocycles. The van der Waals surface area contributed by atoms with Crippen LogP contribution < -0.4 is 0 Å². The van der Waals surface area contributed by atoms with Gasteiger partial charge in [-0.1, -0.05) is 18.2 Å². The molecule has 0 amide bonds. The van der Waals surface area contributed by atoms with Gasteiger partial charge >= 0.3 is 5.97 Å². The van der Waals surface area contributed by atoms with Crippen LogP contribution in [0.5, 0.6) is 0 Å². The standard InChI is InChI=1S/C11H13NO5/c1-11(6-7-13,10(14)15)8-4-2-3-5-9(8)12(16)17/h2-5,13H,6-7H2,1H3,(H,14,15). The summed E-state index contributed by atoms with van der Waals surface area (Å²) in [4.78, 5) is 21.5. The third-order valence-electron chi connectivity index (χ3n) is 2.78. The van der Waals surface area contributed by atoms with Crippen LogP contribution in [0.15, 0.2) is 24.3 Å². The molecule has 1 aromatic rings. The van der Waals surface area contributed by atoms with Crippen molar-refractivity contribution in [1.29, 1.82) is 0 Å². The predicted octanol–water partition coefficient (Wildman–Crippen LogP) is 1.32. The van der Waals surface area contributed by atoms with E-state index in [-0.39, 0.29) is 24.3 Å². The van der Waals surface area contributed by atoms with E-state index in [4.69, 9.17) is 5.11 Å². The fraction of sp³-hybridized carbons (Fsp3) is 0.364. The van der Waals surface area contributed by atoms with Gasteiger partial charge in [0.25, 0.3) is 5.69 Å². The Kier molecular flexibility index (Phi) is 3.80. The number of nitro groups is 1. The van der Waals surface area contributed by atoms with Gasteiger partial charge < -0.3 is 10.2 Å². The molecule has 17 heavy (non-hydrogen) atoms. The second-order valence-electron chi connectivity index (χ2n) is 3.89. The summed E-state index contributed by atoms with van der Waals surface area (Å²) in [5, 5.41) is 28.9. The van der Waals surface area contributed by atoms with Gasteiger partial charge in [-0.3, -0.25) is 14.9 Å². The van der Waals surface area contributed by atoms with Gasteiger partial charge in [-0.15, -0.1) is 0 Å². The minimum absolute atomic E-state index is 0.0762. The lowest BCUT2D eigenvalue weighted by atomic mass is 9.79. The molecule has 0 aliphatic heterocycles. The van der Waals surface area contributed by atoms with Gasteiger partial charge in [-0.05, 0) is 13.3 Å². The average molecular weight is 239 g/mol. The van der Waals surface area contributed by atoms with Gasteiger partial charge in [0, 0.05) is 18.2 Å². The smallest absolute Gasteiger partial charge is 0.314 e. The number of aliphatic carboxylic acids is 1. The summed E-state index contributed by atoms with van der Waals surface area (Å²) < 4.78 is 0. The van der Waals surface area contributed by atoms with Crippen LogP contribution in [0, 0.1) is 10.1 Å².